The number of carbonyl (C=O) groups excluding carboxylic acids is 1. The van der Waals surface area contributed by atoms with Gasteiger partial charge in [-0.15, -0.1) is 0 Å². The van der Waals surface area contributed by atoms with Crippen LogP contribution in [0.15, 0.2) is 29.2 Å². The van der Waals surface area contributed by atoms with E-state index in [2.05, 4.69) is 12.2 Å². The highest BCUT2D eigenvalue weighted by molar-refractivity contribution is 7.89. The monoisotopic (exact) mass is 368 g/mol. The van der Waals surface area contributed by atoms with Crippen LogP contribution >= 0.6 is 0 Å². The van der Waals surface area contributed by atoms with Crippen molar-refractivity contribution in [1.82, 2.24) is 9.62 Å². The molecule has 1 amide bonds. The van der Waals surface area contributed by atoms with Gasteiger partial charge in [-0.2, -0.15) is 4.31 Å². The molecule has 0 saturated carbocycles. The van der Waals surface area contributed by atoms with Crippen LogP contribution in [0.3, 0.4) is 0 Å². The minimum Gasteiger partial charge on any atom is -0.379 e. The molecule has 1 N–H and O–H groups in total. The van der Waals surface area contributed by atoms with Crippen molar-refractivity contribution in [2.45, 2.75) is 50.5 Å². The van der Waals surface area contributed by atoms with Gasteiger partial charge in [-0.25, -0.2) is 8.42 Å². The third-order valence-corrected chi connectivity index (χ3v) is 6.21. The van der Waals surface area contributed by atoms with E-state index in [9.17, 15) is 13.2 Å². The van der Waals surface area contributed by atoms with Crippen LogP contribution in [0.25, 0.3) is 0 Å². The summed E-state index contributed by atoms with van der Waals surface area (Å²) < 4.78 is 31.8. The number of carbonyl (C=O) groups is 1. The molecule has 1 heterocycles. The molecule has 1 aliphatic heterocycles. The number of benzene rings is 1. The zero-order chi connectivity index (χ0) is 18.3. The first-order valence-electron chi connectivity index (χ1n) is 8.89. The van der Waals surface area contributed by atoms with Crippen LogP contribution in [0.2, 0.25) is 0 Å². The number of nitrogens with one attached hydrogen (secondary N) is 1. The zero-order valence-corrected chi connectivity index (χ0v) is 15.8. The molecule has 0 radical (unpaired) electrons. The largest absolute Gasteiger partial charge is 0.379 e. The minimum atomic E-state index is -3.46. The van der Waals surface area contributed by atoms with Gasteiger partial charge in [0.05, 0.1) is 18.1 Å². The number of ether oxygens (including phenoxy) is 1. The van der Waals surface area contributed by atoms with E-state index in [4.69, 9.17) is 4.74 Å². The first-order valence-corrected chi connectivity index (χ1v) is 10.3. The van der Waals surface area contributed by atoms with Crippen molar-refractivity contribution in [3.05, 3.63) is 29.8 Å². The lowest BCUT2D eigenvalue weighted by atomic mass is 10.1. The third kappa shape index (κ3) is 5.80. The van der Waals surface area contributed by atoms with Crippen molar-refractivity contribution in [2.24, 2.45) is 0 Å². The van der Waals surface area contributed by atoms with Gasteiger partial charge in [-0.3, -0.25) is 4.79 Å². The van der Waals surface area contributed by atoms with Crippen molar-refractivity contribution in [2.75, 3.05) is 26.3 Å². The highest BCUT2D eigenvalue weighted by Crippen LogP contribution is 2.18. The van der Waals surface area contributed by atoms with Crippen LogP contribution in [0.5, 0.6) is 0 Å². The molecule has 0 aliphatic carbocycles. The number of hydrogen-bond donors (Lipinski definition) is 1. The Bertz CT molecular complexity index is 652. The van der Waals surface area contributed by atoms with Gasteiger partial charge in [0.2, 0.25) is 15.9 Å². The van der Waals surface area contributed by atoms with Gasteiger partial charge in [-0.1, -0.05) is 25.5 Å². The molecule has 1 fully saturated rings. The average Bonchev–Trinajstić information content (AvgIpc) is 2.61. The van der Waals surface area contributed by atoms with Crippen LogP contribution in [-0.2, 0) is 26.0 Å². The molecule has 25 heavy (non-hydrogen) atoms. The topological polar surface area (TPSA) is 75.7 Å². The van der Waals surface area contributed by atoms with E-state index >= 15 is 0 Å². The van der Waals surface area contributed by atoms with E-state index in [1.165, 1.54) is 4.31 Å². The van der Waals surface area contributed by atoms with Gasteiger partial charge < -0.3 is 10.1 Å². The van der Waals surface area contributed by atoms with Gasteiger partial charge in [0.25, 0.3) is 0 Å². The number of amides is 1. The maximum absolute atomic E-state index is 12.6. The summed E-state index contributed by atoms with van der Waals surface area (Å²) in [6.07, 6.45) is 3.02. The lowest BCUT2D eigenvalue weighted by molar-refractivity contribution is -0.121. The van der Waals surface area contributed by atoms with E-state index in [0.29, 0.717) is 44.0 Å². The number of nitrogens with zero attached hydrogens (tertiary/aromatic N) is 1. The lowest BCUT2D eigenvalue weighted by Crippen LogP contribution is -2.40. The molecule has 1 atom stereocenters. The fraction of sp³-hybridized carbons (Fsp3) is 0.611. The first kappa shape index (κ1) is 19.9. The molecule has 0 unspecified atom stereocenters. The second kappa shape index (κ2) is 9.31. The molecule has 1 aromatic carbocycles. The summed E-state index contributed by atoms with van der Waals surface area (Å²) in [6.45, 7) is 5.74. The Kier molecular flexibility index (Phi) is 7.40. The van der Waals surface area contributed by atoms with Crippen LogP contribution < -0.4 is 5.32 Å². The molecule has 2 rings (SSSR count). The van der Waals surface area contributed by atoms with Gasteiger partial charge in [-0.05, 0) is 37.5 Å². The van der Waals surface area contributed by atoms with Crippen molar-refractivity contribution in [3.63, 3.8) is 0 Å². The summed E-state index contributed by atoms with van der Waals surface area (Å²) in [5.74, 6) is 0.0333. The van der Waals surface area contributed by atoms with E-state index in [1.807, 2.05) is 6.92 Å². The fourth-order valence-corrected chi connectivity index (χ4v) is 4.28. The van der Waals surface area contributed by atoms with Gasteiger partial charge >= 0.3 is 0 Å². The molecule has 140 valence electrons. The molecule has 0 spiro atoms. The van der Waals surface area contributed by atoms with Crippen molar-refractivity contribution >= 4 is 15.9 Å². The van der Waals surface area contributed by atoms with Crippen LogP contribution in [0.1, 0.15) is 38.7 Å². The maximum atomic E-state index is 12.6. The number of rotatable bonds is 8. The summed E-state index contributed by atoms with van der Waals surface area (Å²) in [7, 11) is -3.46. The van der Waals surface area contributed by atoms with E-state index in [0.717, 1.165) is 18.4 Å². The summed E-state index contributed by atoms with van der Waals surface area (Å²) >= 11 is 0. The molecule has 1 aliphatic rings. The fourth-order valence-electron chi connectivity index (χ4n) is 2.87. The average molecular weight is 368 g/mol. The Labute approximate surface area is 150 Å². The Morgan fingerprint density at radius 1 is 1.24 bits per heavy atom. The Hall–Kier alpha value is -1.44. The number of hydrogen-bond acceptors (Lipinski definition) is 4. The normalized spacial score (nSPS) is 17.2. The van der Waals surface area contributed by atoms with Crippen LogP contribution in [0.4, 0.5) is 0 Å². The Balaban J connectivity index is 1.90. The predicted octanol–water partition coefficient (Wildman–Crippen LogP) is 1.94. The molecule has 0 bridgehead atoms. The van der Waals surface area contributed by atoms with E-state index < -0.39 is 10.0 Å². The molecule has 1 saturated heterocycles. The molecule has 7 heteroatoms. The highest BCUT2D eigenvalue weighted by atomic mass is 32.2. The van der Waals surface area contributed by atoms with Gasteiger partial charge in [0.15, 0.2) is 0 Å². The molecule has 6 nitrogen and oxygen atoms in total. The molecule has 0 aromatic heterocycles. The minimum absolute atomic E-state index is 0.0333. The van der Waals surface area contributed by atoms with Crippen molar-refractivity contribution in [3.8, 4) is 0 Å². The lowest BCUT2D eigenvalue weighted by Gasteiger charge is -2.26. The summed E-state index contributed by atoms with van der Waals surface area (Å²) in [5, 5.41) is 2.98. The smallest absolute Gasteiger partial charge is 0.243 e. The predicted molar refractivity (Wildman–Crippen MR) is 96.9 cm³/mol. The summed E-state index contributed by atoms with van der Waals surface area (Å²) in [5.41, 5.74) is 0.958. The van der Waals surface area contributed by atoms with Crippen LogP contribution in [-0.4, -0.2) is 51.0 Å². The second-order valence-electron chi connectivity index (χ2n) is 6.42. The van der Waals surface area contributed by atoms with Crippen LogP contribution in [0, 0.1) is 0 Å². The first-order chi connectivity index (χ1) is 11.9. The summed E-state index contributed by atoms with van der Waals surface area (Å²) in [4.78, 5) is 12.2. The number of aryl methyl sites for hydroxylation is 1. The Morgan fingerprint density at radius 2 is 1.88 bits per heavy atom. The van der Waals surface area contributed by atoms with E-state index in [1.54, 1.807) is 24.3 Å². The van der Waals surface area contributed by atoms with Gasteiger partial charge in [0, 0.05) is 25.6 Å². The standard InChI is InChI=1S/C18H28N2O4S/c1-3-4-15(2)19-18(21)10-7-16-5-8-17(9-6-16)25(22,23)20-11-13-24-14-12-20/h5-6,8-9,15H,3-4,7,10-14H2,1-2H3,(H,19,21)/t15-/m0/s1. The van der Waals surface area contributed by atoms with Crippen molar-refractivity contribution < 1.29 is 17.9 Å². The number of morpholine rings is 1. The van der Waals surface area contributed by atoms with Gasteiger partial charge in [0.1, 0.15) is 0 Å². The van der Waals surface area contributed by atoms with E-state index in [-0.39, 0.29) is 11.9 Å². The number of sulfonamides is 1. The quantitative estimate of drug-likeness (QED) is 0.761. The second-order valence-corrected chi connectivity index (χ2v) is 8.36. The maximum Gasteiger partial charge on any atom is 0.243 e. The molecule has 1 aromatic rings. The highest BCUT2D eigenvalue weighted by Gasteiger charge is 2.26. The third-order valence-electron chi connectivity index (χ3n) is 4.30. The molecular formula is C18H28N2O4S. The van der Waals surface area contributed by atoms with Crippen molar-refractivity contribution in [1.29, 1.82) is 0 Å². The summed E-state index contributed by atoms with van der Waals surface area (Å²) in [6, 6.07) is 7.01. The SMILES string of the molecule is CCC[C@H](C)NC(=O)CCc1ccc(S(=O)(=O)N2CCOCC2)cc1. The Morgan fingerprint density at radius 3 is 2.48 bits per heavy atom. The molecular weight excluding hydrogens is 340 g/mol. The zero-order valence-electron chi connectivity index (χ0n) is 15.0.